The Morgan fingerprint density at radius 2 is 1.75 bits per heavy atom. The van der Waals surface area contributed by atoms with Gasteiger partial charge in [-0.1, -0.05) is 52.3 Å². The topological polar surface area (TPSA) is 30.0 Å². The molecule has 0 N–H and O–H groups in total. The molecule has 3 rings (SSSR count). The lowest BCUT2D eigenvalue weighted by Crippen LogP contribution is -2.05. The van der Waals surface area contributed by atoms with E-state index < -0.39 is 0 Å². The summed E-state index contributed by atoms with van der Waals surface area (Å²) in [6.07, 6.45) is 2.07. The van der Waals surface area contributed by atoms with E-state index in [1.54, 1.807) is 12.3 Å². The number of Topliss-reactive ketones (excluding diaryl/α,β-unsaturated/α-hetero) is 1. The van der Waals surface area contributed by atoms with Crippen molar-refractivity contribution in [1.29, 1.82) is 0 Å². The molecule has 0 unspecified atom stereocenters. The normalized spacial score (nSPS) is 10.7. The molecule has 0 bridgehead atoms. The second kappa shape index (κ2) is 5.55. The molecule has 0 saturated heterocycles. The molecule has 3 aromatic rings. The summed E-state index contributed by atoms with van der Waals surface area (Å²) in [5, 5.41) is 0.909. The SMILES string of the molecule is O=C(Cc1ccccc1Br)c1ccnc2ccccc12. The van der Waals surface area contributed by atoms with E-state index in [0.717, 1.165) is 26.5 Å². The number of benzene rings is 2. The summed E-state index contributed by atoms with van der Waals surface area (Å²) in [6.45, 7) is 0. The van der Waals surface area contributed by atoms with Gasteiger partial charge in [0.1, 0.15) is 0 Å². The van der Waals surface area contributed by atoms with Crippen molar-refractivity contribution in [2.45, 2.75) is 6.42 Å². The fourth-order valence-electron chi connectivity index (χ4n) is 2.25. The Balaban J connectivity index is 1.99. The standard InChI is InChI=1S/C17H12BrNO/c18-15-7-3-1-5-12(15)11-17(20)14-9-10-19-16-8-4-2-6-13(14)16/h1-10H,11H2. The van der Waals surface area contributed by atoms with Gasteiger partial charge in [0.05, 0.1) is 5.52 Å². The highest BCUT2D eigenvalue weighted by Gasteiger charge is 2.12. The van der Waals surface area contributed by atoms with E-state index in [1.165, 1.54) is 0 Å². The fourth-order valence-corrected chi connectivity index (χ4v) is 2.67. The number of hydrogen-bond acceptors (Lipinski definition) is 2. The molecule has 0 aliphatic rings. The monoisotopic (exact) mass is 325 g/mol. The van der Waals surface area contributed by atoms with Crippen LogP contribution in [-0.2, 0) is 6.42 Å². The quantitative estimate of drug-likeness (QED) is 0.667. The van der Waals surface area contributed by atoms with Crippen LogP contribution in [0.2, 0.25) is 0 Å². The first-order valence-electron chi connectivity index (χ1n) is 6.36. The Bertz CT molecular complexity index is 777. The van der Waals surface area contributed by atoms with Gasteiger partial charge in [-0.2, -0.15) is 0 Å². The van der Waals surface area contributed by atoms with Crippen LogP contribution in [0.4, 0.5) is 0 Å². The average molecular weight is 326 g/mol. The van der Waals surface area contributed by atoms with Crippen LogP contribution in [0.1, 0.15) is 15.9 Å². The molecule has 0 aliphatic heterocycles. The van der Waals surface area contributed by atoms with Crippen LogP contribution in [-0.4, -0.2) is 10.8 Å². The number of pyridine rings is 1. The van der Waals surface area contributed by atoms with E-state index >= 15 is 0 Å². The number of ketones is 1. The van der Waals surface area contributed by atoms with Gasteiger partial charge in [0, 0.05) is 28.0 Å². The van der Waals surface area contributed by atoms with Crippen LogP contribution in [0.3, 0.4) is 0 Å². The molecule has 2 nitrogen and oxygen atoms in total. The van der Waals surface area contributed by atoms with Crippen LogP contribution in [0.25, 0.3) is 10.9 Å². The minimum Gasteiger partial charge on any atom is -0.294 e. The second-order valence-corrected chi connectivity index (χ2v) is 5.42. The summed E-state index contributed by atoms with van der Waals surface area (Å²) >= 11 is 3.48. The summed E-state index contributed by atoms with van der Waals surface area (Å²) in [5.41, 5.74) is 2.58. The van der Waals surface area contributed by atoms with E-state index in [1.807, 2.05) is 48.5 Å². The van der Waals surface area contributed by atoms with Crippen molar-refractivity contribution in [1.82, 2.24) is 4.98 Å². The Morgan fingerprint density at radius 3 is 2.60 bits per heavy atom. The molecular formula is C17H12BrNO. The van der Waals surface area contributed by atoms with Gasteiger partial charge in [-0.3, -0.25) is 9.78 Å². The highest BCUT2D eigenvalue weighted by molar-refractivity contribution is 9.10. The molecule has 3 heteroatoms. The van der Waals surface area contributed by atoms with E-state index in [4.69, 9.17) is 0 Å². The number of hydrogen-bond donors (Lipinski definition) is 0. The smallest absolute Gasteiger partial charge is 0.168 e. The number of carbonyl (C=O) groups is 1. The minimum absolute atomic E-state index is 0.107. The average Bonchev–Trinajstić information content (AvgIpc) is 2.49. The van der Waals surface area contributed by atoms with Gasteiger partial charge in [0.25, 0.3) is 0 Å². The Kier molecular flexibility index (Phi) is 3.61. The highest BCUT2D eigenvalue weighted by Crippen LogP contribution is 2.21. The predicted molar refractivity (Wildman–Crippen MR) is 83.9 cm³/mol. The molecule has 0 saturated carbocycles. The first kappa shape index (κ1) is 13.0. The van der Waals surface area contributed by atoms with E-state index in [9.17, 15) is 4.79 Å². The first-order chi connectivity index (χ1) is 9.75. The fraction of sp³-hybridized carbons (Fsp3) is 0.0588. The van der Waals surface area contributed by atoms with E-state index in [2.05, 4.69) is 20.9 Å². The number of fused-ring (bicyclic) bond motifs is 1. The van der Waals surface area contributed by atoms with Gasteiger partial charge in [-0.15, -0.1) is 0 Å². The van der Waals surface area contributed by atoms with Crippen molar-refractivity contribution in [2.24, 2.45) is 0 Å². The summed E-state index contributed by atoms with van der Waals surface area (Å²) in [5.74, 6) is 0.107. The molecule has 2 aromatic carbocycles. The van der Waals surface area contributed by atoms with Gasteiger partial charge in [-0.25, -0.2) is 0 Å². The zero-order valence-electron chi connectivity index (χ0n) is 10.7. The van der Waals surface area contributed by atoms with Crippen molar-refractivity contribution >= 4 is 32.6 Å². The molecule has 0 fully saturated rings. The van der Waals surface area contributed by atoms with Gasteiger partial charge in [-0.05, 0) is 23.8 Å². The lowest BCUT2D eigenvalue weighted by Gasteiger charge is -2.06. The van der Waals surface area contributed by atoms with Crippen LogP contribution in [0, 0.1) is 0 Å². The molecule has 0 aliphatic carbocycles. The second-order valence-electron chi connectivity index (χ2n) is 4.57. The van der Waals surface area contributed by atoms with Gasteiger partial charge in [0.15, 0.2) is 5.78 Å². The largest absolute Gasteiger partial charge is 0.294 e. The van der Waals surface area contributed by atoms with E-state index in [0.29, 0.717) is 6.42 Å². The van der Waals surface area contributed by atoms with Crippen molar-refractivity contribution in [3.63, 3.8) is 0 Å². The molecule has 0 spiro atoms. The number of rotatable bonds is 3. The van der Waals surface area contributed by atoms with Crippen LogP contribution in [0.5, 0.6) is 0 Å². The maximum Gasteiger partial charge on any atom is 0.168 e. The van der Waals surface area contributed by atoms with Crippen molar-refractivity contribution in [3.05, 3.63) is 76.4 Å². The molecule has 1 heterocycles. The lowest BCUT2D eigenvalue weighted by atomic mass is 10.00. The molecule has 0 atom stereocenters. The van der Waals surface area contributed by atoms with E-state index in [-0.39, 0.29) is 5.78 Å². The first-order valence-corrected chi connectivity index (χ1v) is 7.15. The Hall–Kier alpha value is -2.00. The lowest BCUT2D eigenvalue weighted by molar-refractivity contribution is 0.0994. The third-order valence-electron chi connectivity index (χ3n) is 3.26. The van der Waals surface area contributed by atoms with Gasteiger partial charge in [0.2, 0.25) is 0 Å². The van der Waals surface area contributed by atoms with Gasteiger partial charge < -0.3 is 0 Å². The number of para-hydroxylation sites is 1. The zero-order chi connectivity index (χ0) is 13.9. The van der Waals surface area contributed by atoms with Crippen molar-refractivity contribution in [2.75, 3.05) is 0 Å². The van der Waals surface area contributed by atoms with Crippen LogP contribution in [0.15, 0.2) is 65.3 Å². The number of carbonyl (C=O) groups excluding carboxylic acids is 1. The van der Waals surface area contributed by atoms with Gasteiger partial charge >= 0.3 is 0 Å². The molecule has 1 aromatic heterocycles. The molecule has 20 heavy (non-hydrogen) atoms. The highest BCUT2D eigenvalue weighted by atomic mass is 79.9. The molecule has 0 radical (unpaired) electrons. The number of nitrogens with zero attached hydrogens (tertiary/aromatic N) is 1. The summed E-state index contributed by atoms with van der Waals surface area (Å²) < 4.78 is 0.965. The summed E-state index contributed by atoms with van der Waals surface area (Å²) in [6, 6.07) is 17.3. The van der Waals surface area contributed by atoms with Crippen LogP contribution >= 0.6 is 15.9 Å². The van der Waals surface area contributed by atoms with Crippen molar-refractivity contribution in [3.8, 4) is 0 Å². The van der Waals surface area contributed by atoms with Crippen molar-refractivity contribution < 1.29 is 4.79 Å². The zero-order valence-corrected chi connectivity index (χ0v) is 12.3. The number of halogens is 1. The third-order valence-corrected chi connectivity index (χ3v) is 4.03. The summed E-state index contributed by atoms with van der Waals surface area (Å²) in [7, 11) is 0. The maximum atomic E-state index is 12.5. The third kappa shape index (κ3) is 2.49. The summed E-state index contributed by atoms with van der Waals surface area (Å²) in [4.78, 5) is 16.8. The Morgan fingerprint density at radius 1 is 1.00 bits per heavy atom. The predicted octanol–water partition coefficient (Wildman–Crippen LogP) is 4.42. The molecular weight excluding hydrogens is 314 g/mol. The van der Waals surface area contributed by atoms with Crippen LogP contribution < -0.4 is 0 Å². The molecule has 0 amide bonds. The minimum atomic E-state index is 0.107. The number of aromatic nitrogens is 1. The molecule has 98 valence electrons. The maximum absolute atomic E-state index is 12.5. The Labute approximate surface area is 125 Å².